The Kier molecular flexibility index (Phi) is 7.38. The molecule has 4 rings (SSSR count). The molecule has 2 fully saturated rings. The van der Waals surface area contributed by atoms with Gasteiger partial charge in [0.25, 0.3) is 0 Å². The third-order valence-electron chi connectivity index (χ3n) is 6.66. The molecule has 1 aliphatic carbocycles. The zero-order valence-corrected chi connectivity index (χ0v) is 20.0. The monoisotopic (exact) mass is 457 g/mol. The maximum Gasteiger partial charge on any atom is 0.231 e. The molecule has 2 aliphatic rings. The Morgan fingerprint density at radius 1 is 1.03 bits per heavy atom. The van der Waals surface area contributed by atoms with Gasteiger partial charge in [0.2, 0.25) is 10.0 Å². The predicted molar refractivity (Wildman–Crippen MR) is 129 cm³/mol. The summed E-state index contributed by atoms with van der Waals surface area (Å²) in [6.07, 6.45) is 9.57. The van der Waals surface area contributed by atoms with Gasteiger partial charge in [-0.3, -0.25) is 9.73 Å². The molecule has 1 saturated carbocycles. The quantitative estimate of drug-likeness (QED) is 0.626. The summed E-state index contributed by atoms with van der Waals surface area (Å²) in [4.78, 5) is 0. The maximum atomic E-state index is 12.1. The molecule has 0 bridgehead atoms. The molecular weight excluding hydrogens is 422 g/mol. The summed E-state index contributed by atoms with van der Waals surface area (Å²) in [5, 5.41) is 2.34. The fourth-order valence-electron chi connectivity index (χ4n) is 4.72. The predicted octanol–water partition coefficient (Wildman–Crippen LogP) is 4.64. The number of nitrogens with one attached hydrogen (secondary N) is 1. The lowest BCUT2D eigenvalue weighted by molar-refractivity contribution is 0.0817. The molecule has 1 heterocycles. The van der Waals surface area contributed by atoms with Gasteiger partial charge < -0.3 is 4.74 Å². The highest BCUT2D eigenvalue weighted by Crippen LogP contribution is 2.32. The number of nitrogens with zero attached hydrogens (tertiary/aromatic N) is 2. The number of benzene rings is 2. The molecule has 6 nitrogen and oxygen atoms in total. The van der Waals surface area contributed by atoms with Crippen LogP contribution >= 0.6 is 0 Å². The number of rotatable bonds is 8. The topological polar surface area (TPSA) is 61.9 Å². The molecule has 0 amide bonds. The number of sulfonamides is 1. The summed E-state index contributed by atoms with van der Waals surface area (Å²) in [5.41, 5.74) is 6.61. The van der Waals surface area contributed by atoms with Crippen molar-refractivity contribution in [2.75, 3.05) is 24.2 Å². The van der Waals surface area contributed by atoms with Gasteiger partial charge in [0, 0.05) is 31.7 Å². The number of hydrazine groups is 1. The first-order chi connectivity index (χ1) is 15.4. The molecule has 174 valence electrons. The van der Waals surface area contributed by atoms with Crippen molar-refractivity contribution < 1.29 is 13.2 Å². The molecule has 0 aromatic heterocycles. The number of hydrogen-bond acceptors (Lipinski definition) is 5. The van der Waals surface area contributed by atoms with E-state index in [0.29, 0.717) is 18.3 Å². The van der Waals surface area contributed by atoms with Crippen LogP contribution in [0.3, 0.4) is 0 Å². The van der Waals surface area contributed by atoms with Crippen LogP contribution in [0.2, 0.25) is 0 Å². The summed E-state index contributed by atoms with van der Waals surface area (Å²) >= 11 is 0. The van der Waals surface area contributed by atoms with E-state index < -0.39 is 10.0 Å². The number of anilines is 1. The van der Waals surface area contributed by atoms with Crippen molar-refractivity contribution in [2.45, 2.75) is 63.6 Å². The minimum Gasteiger partial charge on any atom is -0.490 e. The van der Waals surface area contributed by atoms with E-state index in [0.717, 1.165) is 37.1 Å². The number of ether oxygens (including phenoxy) is 1. The molecule has 1 aliphatic heterocycles. The van der Waals surface area contributed by atoms with Gasteiger partial charge in [-0.25, -0.2) is 13.4 Å². The maximum absolute atomic E-state index is 12.1. The van der Waals surface area contributed by atoms with Crippen molar-refractivity contribution in [2.24, 2.45) is 0 Å². The number of piperidine rings is 1. The van der Waals surface area contributed by atoms with Crippen molar-refractivity contribution in [3.63, 3.8) is 0 Å². The Bertz CT molecular complexity index is 991. The van der Waals surface area contributed by atoms with Crippen molar-refractivity contribution in [3.8, 4) is 5.75 Å². The van der Waals surface area contributed by atoms with E-state index in [1.807, 2.05) is 18.2 Å². The van der Waals surface area contributed by atoms with Crippen molar-refractivity contribution in [3.05, 3.63) is 59.7 Å². The lowest BCUT2D eigenvalue weighted by Gasteiger charge is -2.36. The minimum atomic E-state index is -3.33. The smallest absolute Gasteiger partial charge is 0.231 e. The normalized spacial score (nSPS) is 20.4. The van der Waals surface area contributed by atoms with Crippen LogP contribution in [-0.2, 0) is 16.6 Å². The second-order valence-electron chi connectivity index (χ2n) is 9.00. The van der Waals surface area contributed by atoms with E-state index in [9.17, 15) is 8.42 Å². The van der Waals surface area contributed by atoms with Crippen LogP contribution in [0.1, 0.15) is 62.1 Å². The first kappa shape index (κ1) is 23.1. The van der Waals surface area contributed by atoms with Crippen molar-refractivity contribution in [1.82, 2.24) is 10.4 Å². The van der Waals surface area contributed by atoms with Crippen LogP contribution < -0.4 is 14.5 Å². The van der Waals surface area contributed by atoms with Crippen LogP contribution in [-0.4, -0.2) is 39.4 Å². The lowest BCUT2D eigenvalue weighted by Crippen LogP contribution is -2.43. The summed E-state index contributed by atoms with van der Waals surface area (Å²) in [6.45, 7) is 1.58. The van der Waals surface area contributed by atoms with Gasteiger partial charge >= 0.3 is 0 Å². The van der Waals surface area contributed by atoms with Gasteiger partial charge in [0.1, 0.15) is 5.75 Å². The van der Waals surface area contributed by atoms with Crippen LogP contribution in [0.15, 0.2) is 48.5 Å². The summed E-state index contributed by atoms with van der Waals surface area (Å²) < 4.78 is 31.8. The number of hydrogen-bond donors (Lipinski definition) is 1. The van der Waals surface area contributed by atoms with Gasteiger partial charge in [0.05, 0.1) is 18.0 Å². The van der Waals surface area contributed by atoms with E-state index in [1.54, 1.807) is 7.05 Å². The van der Waals surface area contributed by atoms with Gasteiger partial charge in [-0.2, -0.15) is 0 Å². The van der Waals surface area contributed by atoms with E-state index >= 15 is 0 Å². The Balaban J connectivity index is 1.55. The highest BCUT2D eigenvalue weighted by atomic mass is 32.2. The second kappa shape index (κ2) is 10.2. The fourth-order valence-corrected chi connectivity index (χ4v) is 5.22. The molecule has 2 aromatic rings. The average molecular weight is 458 g/mol. The van der Waals surface area contributed by atoms with Gasteiger partial charge in [-0.15, -0.1) is 0 Å². The van der Waals surface area contributed by atoms with E-state index in [4.69, 9.17) is 4.74 Å². The molecule has 1 saturated heterocycles. The molecule has 7 heteroatoms. The summed E-state index contributed by atoms with van der Waals surface area (Å²) in [5.74, 6) is 0.850. The van der Waals surface area contributed by atoms with E-state index in [1.165, 1.54) is 41.8 Å². The van der Waals surface area contributed by atoms with Crippen LogP contribution in [0.4, 0.5) is 5.69 Å². The van der Waals surface area contributed by atoms with Gasteiger partial charge in [-0.05, 0) is 62.3 Å². The Morgan fingerprint density at radius 3 is 2.47 bits per heavy atom. The second-order valence-corrected chi connectivity index (χ2v) is 11.0. The molecule has 0 spiro atoms. The van der Waals surface area contributed by atoms with E-state index in [2.05, 4.69) is 40.8 Å². The average Bonchev–Trinajstić information content (AvgIpc) is 3.31. The van der Waals surface area contributed by atoms with Crippen molar-refractivity contribution >= 4 is 15.7 Å². The van der Waals surface area contributed by atoms with E-state index in [-0.39, 0.29) is 6.10 Å². The Labute approximate surface area is 192 Å². The molecule has 32 heavy (non-hydrogen) atoms. The van der Waals surface area contributed by atoms with Gasteiger partial charge in [0.15, 0.2) is 0 Å². The molecule has 0 radical (unpaired) electrons. The summed E-state index contributed by atoms with van der Waals surface area (Å²) in [7, 11) is -1.73. The standard InChI is InChI=1S/C25H35N3O3S/c1-27(32(2,29)30)22-15-16-25(31-23-12-6-7-13-23)21(18-22)19-26-28-17-9-8-14-24(28)20-10-4-3-5-11-20/h3-5,10-11,15-16,18,23-24,26H,6-9,12-14,17,19H2,1-2H3. The van der Waals surface area contributed by atoms with Gasteiger partial charge in [-0.1, -0.05) is 36.8 Å². The minimum absolute atomic E-state index is 0.249. The first-order valence-electron chi connectivity index (χ1n) is 11.7. The molecule has 1 N–H and O–H groups in total. The highest BCUT2D eigenvalue weighted by molar-refractivity contribution is 7.92. The zero-order chi connectivity index (χ0) is 22.6. The molecule has 1 unspecified atom stereocenters. The van der Waals surface area contributed by atoms with Crippen LogP contribution in [0.25, 0.3) is 0 Å². The van der Waals surface area contributed by atoms with Crippen LogP contribution in [0.5, 0.6) is 5.75 Å². The third-order valence-corrected chi connectivity index (χ3v) is 7.87. The lowest BCUT2D eigenvalue weighted by atomic mass is 9.97. The molecule has 1 atom stereocenters. The first-order valence-corrected chi connectivity index (χ1v) is 13.6. The zero-order valence-electron chi connectivity index (χ0n) is 19.2. The highest BCUT2D eigenvalue weighted by Gasteiger charge is 2.25. The SMILES string of the molecule is CN(c1ccc(OC2CCCC2)c(CNN2CCCCC2c2ccccc2)c1)S(C)(=O)=O. The molecule has 2 aromatic carbocycles. The summed E-state index contributed by atoms with van der Waals surface area (Å²) in [6, 6.07) is 16.7. The Morgan fingerprint density at radius 2 is 1.75 bits per heavy atom. The van der Waals surface area contributed by atoms with Crippen molar-refractivity contribution in [1.29, 1.82) is 0 Å². The third kappa shape index (κ3) is 5.63. The fraction of sp³-hybridized carbons (Fsp3) is 0.520. The molecular formula is C25H35N3O3S. The largest absolute Gasteiger partial charge is 0.490 e. The van der Waals surface area contributed by atoms with Crippen LogP contribution in [0, 0.1) is 0 Å². The Hall–Kier alpha value is -2.09.